The summed E-state index contributed by atoms with van der Waals surface area (Å²) < 4.78 is 7.58. The van der Waals surface area contributed by atoms with E-state index in [0.29, 0.717) is 30.1 Å². The average molecular weight is 374 g/mol. The van der Waals surface area contributed by atoms with Crippen LogP contribution in [0, 0.1) is 0 Å². The Bertz CT molecular complexity index is 1130. The van der Waals surface area contributed by atoms with Gasteiger partial charge in [-0.2, -0.15) is 0 Å². The lowest BCUT2D eigenvalue weighted by Crippen LogP contribution is -2.13. The van der Waals surface area contributed by atoms with E-state index < -0.39 is 0 Å². The molecule has 2 aromatic heterocycles. The van der Waals surface area contributed by atoms with Gasteiger partial charge in [0.2, 0.25) is 0 Å². The lowest BCUT2D eigenvalue weighted by atomic mass is 10.2. The molecular weight excluding hydrogens is 352 g/mol. The first-order chi connectivity index (χ1) is 13.7. The van der Waals surface area contributed by atoms with E-state index in [-0.39, 0.29) is 5.56 Å². The fourth-order valence-corrected chi connectivity index (χ4v) is 3.09. The zero-order valence-electron chi connectivity index (χ0n) is 15.8. The number of aromatic nitrogens is 4. The highest BCUT2D eigenvalue weighted by Gasteiger charge is 2.12. The largest absolute Gasteiger partial charge is 0.494 e. The SMILES string of the molecule is CCCCOc1cccc(-c2nc3ncn(Cc4ccccc4)c3c(=O)[nH]2)c1. The van der Waals surface area contributed by atoms with Crippen molar-refractivity contribution in [3.63, 3.8) is 0 Å². The smallest absolute Gasteiger partial charge is 0.277 e. The first-order valence-corrected chi connectivity index (χ1v) is 9.47. The van der Waals surface area contributed by atoms with Crippen molar-refractivity contribution < 1.29 is 4.74 Å². The van der Waals surface area contributed by atoms with E-state index >= 15 is 0 Å². The molecule has 2 heterocycles. The van der Waals surface area contributed by atoms with Crippen LogP contribution < -0.4 is 10.3 Å². The number of imidazole rings is 1. The van der Waals surface area contributed by atoms with Crippen molar-refractivity contribution in [3.8, 4) is 17.1 Å². The minimum absolute atomic E-state index is 0.203. The second-order valence-electron chi connectivity index (χ2n) is 6.67. The van der Waals surface area contributed by atoms with Gasteiger partial charge in [-0.05, 0) is 24.1 Å². The molecule has 0 saturated heterocycles. The number of H-pyrrole nitrogens is 1. The van der Waals surface area contributed by atoms with Gasteiger partial charge in [0, 0.05) is 12.1 Å². The molecule has 6 nitrogen and oxygen atoms in total. The van der Waals surface area contributed by atoms with E-state index in [1.165, 1.54) is 0 Å². The summed E-state index contributed by atoms with van der Waals surface area (Å²) in [5, 5.41) is 0. The first-order valence-electron chi connectivity index (χ1n) is 9.47. The Hall–Kier alpha value is -3.41. The third-order valence-corrected chi connectivity index (χ3v) is 4.55. The number of nitrogens with one attached hydrogen (secondary N) is 1. The van der Waals surface area contributed by atoms with Crippen LogP contribution >= 0.6 is 0 Å². The molecule has 1 N–H and O–H groups in total. The van der Waals surface area contributed by atoms with E-state index in [1.807, 2.05) is 59.2 Å². The van der Waals surface area contributed by atoms with E-state index in [0.717, 1.165) is 29.7 Å². The molecule has 142 valence electrons. The van der Waals surface area contributed by atoms with Crippen molar-refractivity contribution >= 4 is 11.2 Å². The van der Waals surface area contributed by atoms with Gasteiger partial charge in [0.1, 0.15) is 11.6 Å². The number of fused-ring (bicyclic) bond motifs is 1. The fraction of sp³-hybridized carbons (Fsp3) is 0.227. The van der Waals surface area contributed by atoms with E-state index in [4.69, 9.17) is 4.74 Å². The summed E-state index contributed by atoms with van der Waals surface area (Å²) in [6.45, 7) is 3.37. The van der Waals surface area contributed by atoms with Crippen molar-refractivity contribution in [2.45, 2.75) is 26.3 Å². The molecular formula is C22H22N4O2. The van der Waals surface area contributed by atoms with Crippen molar-refractivity contribution in [1.82, 2.24) is 19.5 Å². The molecule has 0 radical (unpaired) electrons. The summed E-state index contributed by atoms with van der Waals surface area (Å²) in [6, 6.07) is 17.6. The summed E-state index contributed by atoms with van der Waals surface area (Å²) in [6.07, 6.45) is 3.75. The molecule has 0 spiro atoms. The maximum atomic E-state index is 12.8. The van der Waals surface area contributed by atoms with Crippen molar-refractivity contribution in [2.24, 2.45) is 0 Å². The summed E-state index contributed by atoms with van der Waals surface area (Å²) in [5.41, 5.74) is 2.61. The number of benzene rings is 2. The molecule has 0 aliphatic heterocycles. The van der Waals surface area contributed by atoms with Gasteiger partial charge in [-0.3, -0.25) is 4.79 Å². The van der Waals surface area contributed by atoms with Crippen LogP contribution in [0.5, 0.6) is 5.75 Å². The van der Waals surface area contributed by atoms with Crippen LogP contribution in [0.15, 0.2) is 65.7 Å². The van der Waals surface area contributed by atoms with Crippen LogP contribution in [0.3, 0.4) is 0 Å². The second kappa shape index (κ2) is 8.08. The van der Waals surface area contributed by atoms with Gasteiger partial charge in [0.25, 0.3) is 5.56 Å². The quantitative estimate of drug-likeness (QED) is 0.496. The van der Waals surface area contributed by atoms with Crippen LogP contribution in [0.25, 0.3) is 22.6 Å². The molecule has 4 rings (SSSR count). The predicted octanol–water partition coefficient (Wildman–Crippen LogP) is 4.01. The zero-order valence-corrected chi connectivity index (χ0v) is 15.8. The lowest BCUT2D eigenvalue weighted by molar-refractivity contribution is 0.309. The third-order valence-electron chi connectivity index (χ3n) is 4.55. The highest BCUT2D eigenvalue weighted by molar-refractivity contribution is 5.73. The van der Waals surface area contributed by atoms with Gasteiger partial charge in [-0.15, -0.1) is 0 Å². The molecule has 0 bridgehead atoms. The van der Waals surface area contributed by atoms with Gasteiger partial charge in [0.05, 0.1) is 12.9 Å². The second-order valence-corrected chi connectivity index (χ2v) is 6.67. The maximum absolute atomic E-state index is 12.8. The molecule has 6 heteroatoms. The Morgan fingerprint density at radius 3 is 2.79 bits per heavy atom. The van der Waals surface area contributed by atoms with Crippen molar-refractivity contribution in [3.05, 3.63) is 76.8 Å². The Kier molecular flexibility index (Phi) is 5.19. The van der Waals surface area contributed by atoms with Gasteiger partial charge in [0.15, 0.2) is 11.2 Å². The molecule has 0 amide bonds. The van der Waals surface area contributed by atoms with Crippen molar-refractivity contribution in [1.29, 1.82) is 0 Å². The Labute approximate surface area is 162 Å². The molecule has 0 aliphatic rings. The molecule has 28 heavy (non-hydrogen) atoms. The van der Waals surface area contributed by atoms with Crippen LogP contribution in [-0.4, -0.2) is 26.1 Å². The minimum Gasteiger partial charge on any atom is -0.494 e. The number of hydrogen-bond acceptors (Lipinski definition) is 4. The lowest BCUT2D eigenvalue weighted by Gasteiger charge is -2.08. The van der Waals surface area contributed by atoms with Gasteiger partial charge in [-0.25, -0.2) is 9.97 Å². The molecule has 0 aliphatic carbocycles. The van der Waals surface area contributed by atoms with Crippen LogP contribution in [0.1, 0.15) is 25.3 Å². The molecule has 2 aromatic carbocycles. The molecule has 0 atom stereocenters. The molecule has 0 saturated carbocycles. The highest BCUT2D eigenvalue weighted by Crippen LogP contribution is 2.22. The summed E-state index contributed by atoms with van der Waals surface area (Å²) in [7, 11) is 0. The van der Waals surface area contributed by atoms with Gasteiger partial charge in [-0.1, -0.05) is 55.8 Å². The van der Waals surface area contributed by atoms with Crippen LogP contribution in [-0.2, 0) is 6.54 Å². The number of aromatic amines is 1. The Balaban J connectivity index is 1.65. The molecule has 0 fully saturated rings. The van der Waals surface area contributed by atoms with Crippen LogP contribution in [0.2, 0.25) is 0 Å². The number of nitrogens with zero attached hydrogens (tertiary/aromatic N) is 3. The van der Waals surface area contributed by atoms with Crippen molar-refractivity contribution in [2.75, 3.05) is 6.61 Å². The zero-order chi connectivity index (χ0) is 19.3. The monoisotopic (exact) mass is 374 g/mol. The average Bonchev–Trinajstić information content (AvgIpc) is 3.12. The summed E-state index contributed by atoms with van der Waals surface area (Å²) in [4.78, 5) is 24.6. The maximum Gasteiger partial charge on any atom is 0.277 e. The normalized spacial score (nSPS) is 11.0. The first kappa shape index (κ1) is 18.0. The van der Waals surface area contributed by atoms with Crippen LogP contribution in [0.4, 0.5) is 0 Å². The summed E-state index contributed by atoms with van der Waals surface area (Å²) in [5.74, 6) is 1.26. The topological polar surface area (TPSA) is 72.8 Å². The van der Waals surface area contributed by atoms with E-state index in [2.05, 4.69) is 21.9 Å². The van der Waals surface area contributed by atoms with Gasteiger partial charge < -0.3 is 14.3 Å². The summed E-state index contributed by atoms with van der Waals surface area (Å²) >= 11 is 0. The fourth-order valence-electron chi connectivity index (χ4n) is 3.09. The highest BCUT2D eigenvalue weighted by atomic mass is 16.5. The Morgan fingerprint density at radius 1 is 1.11 bits per heavy atom. The standard InChI is InChI=1S/C22H22N4O2/c1-2-3-12-28-18-11-7-10-17(13-18)20-24-21-19(22(27)25-20)26(15-23-21)14-16-8-5-4-6-9-16/h4-11,13,15H,2-3,12,14H2,1H3,(H,24,25,27). The number of ether oxygens (including phenoxy) is 1. The number of rotatable bonds is 7. The van der Waals surface area contributed by atoms with Gasteiger partial charge >= 0.3 is 0 Å². The van der Waals surface area contributed by atoms with E-state index in [9.17, 15) is 4.79 Å². The van der Waals surface area contributed by atoms with E-state index in [1.54, 1.807) is 6.33 Å². The number of hydrogen-bond donors (Lipinski definition) is 1. The molecule has 0 unspecified atom stereocenters. The predicted molar refractivity (Wildman–Crippen MR) is 110 cm³/mol. The Morgan fingerprint density at radius 2 is 1.96 bits per heavy atom. The minimum atomic E-state index is -0.203. The third kappa shape index (κ3) is 3.81. The molecule has 4 aromatic rings. The number of unbranched alkanes of at least 4 members (excludes halogenated alkanes) is 1.